The minimum absolute atomic E-state index is 0.00955. The van der Waals surface area contributed by atoms with Crippen molar-refractivity contribution >= 4 is 17.9 Å². The molecule has 2 aromatic carbocycles. The number of para-hydroxylation sites is 1. The maximum absolute atomic E-state index is 12.9. The molecule has 128 valence electrons. The van der Waals surface area contributed by atoms with E-state index in [9.17, 15) is 4.79 Å². The van der Waals surface area contributed by atoms with Crippen molar-refractivity contribution in [3.05, 3.63) is 66.2 Å². The van der Waals surface area contributed by atoms with Crippen molar-refractivity contribution in [2.75, 3.05) is 31.1 Å². The number of rotatable bonds is 2. The van der Waals surface area contributed by atoms with Crippen LogP contribution < -0.4 is 4.90 Å². The summed E-state index contributed by atoms with van der Waals surface area (Å²) in [5.41, 5.74) is 2.35. The molecule has 1 fully saturated rings. The van der Waals surface area contributed by atoms with Crippen molar-refractivity contribution < 1.29 is 4.79 Å². The van der Waals surface area contributed by atoms with E-state index in [1.807, 2.05) is 35.4 Å². The Bertz CT molecular complexity index is 739. The average molecular weight is 334 g/mol. The predicted octanol–water partition coefficient (Wildman–Crippen LogP) is 3.36. The Hall–Kier alpha value is -2.82. The van der Waals surface area contributed by atoms with Crippen molar-refractivity contribution in [2.45, 2.75) is 12.5 Å². The Balaban J connectivity index is 1.41. The minimum Gasteiger partial charge on any atom is -0.368 e. The van der Waals surface area contributed by atoms with Gasteiger partial charge in [-0.05, 0) is 17.7 Å². The molecule has 25 heavy (non-hydrogen) atoms. The highest BCUT2D eigenvalue weighted by molar-refractivity contribution is 5.78. The minimum atomic E-state index is 0.00955. The van der Waals surface area contributed by atoms with E-state index in [4.69, 9.17) is 0 Å². The first-order valence-electron chi connectivity index (χ1n) is 8.78. The van der Waals surface area contributed by atoms with Gasteiger partial charge < -0.3 is 9.80 Å². The van der Waals surface area contributed by atoms with Crippen LogP contribution in [0.2, 0.25) is 0 Å². The highest BCUT2D eigenvalue weighted by atomic mass is 16.2. The predicted molar refractivity (Wildman–Crippen MR) is 99.8 cm³/mol. The average Bonchev–Trinajstić information content (AvgIpc) is 3.19. The lowest BCUT2D eigenvalue weighted by Gasteiger charge is -2.38. The van der Waals surface area contributed by atoms with Crippen LogP contribution in [0.25, 0.3) is 0 Å². The molecule has 2 heterocycles. The number of hydrazone groups is 1. The van der Waals surface area contributed by atoms with Crippen molar-refractivity contribution in [2.24, 2.45) is 5.10 Å². The van der Waals surface area contributed by atoms with E-state index < -0.39 is 0 Å². The third kappa shape index (κ3) is 3.22. The first-order valence-corrected chi connectivity index (χ1v) is 8.78. The van der Waals surface area contributed by atoms with E-state index in [0.717, 1.165) is 38.2 Å². The summed E-state index contributed by atoms with van der Waals surface area (Å²) in [6, 6.07) is 20.5. The summed E-state index contributed by atoms with van der Waals surface area (Å²) in [4.78, 5) is 17.2. The van der Waals surface area contributed by atoms with Crippen molar-refractivity contribution in [1.82, 2.24) is 9.91 Å². The lowest BCUT2D eigenvalue weighted by molar-refractivity contribution is 0.139. The van der Waals surface area contributed by atoms with Crippen LogP contribution in [0, 0.1) is 0 Å². The van der Waals surface area contributed by atoms with Crippen LogP contribution in [-0.2, 0) is 0 Å². The molecule has 2 aliphatic rings. The van der Waals surface area contributed by atoms with Crippen molar-refractivity contribution in [3.8, 4) is 0 Å². The summed E-state index contributed by atoms with van der Waals surface area (Å²) >= 11 is 0. The van der Waals surface area contributed by atoms with E-state index >= 15 is 0 Å². The zero-order chi connectivity index (χ0) is 17.1. The Morgan fingerprint density at radius 3 is 2.20 bits per heavy atom. The van der Waals surface area contributed by atoms with E-state index in [1.165, 1.54) is 5.69 Å². The van der Waals surface area contributed by atoms with Gasteiger partial charge in [-0.1, -0.05) is 48.5 Å². The molecule has 5 heteroatoms. The Kier molecular flexibility index (Phi) is 4.37. The van der Waals surface area contributed by atoms with Crippen molar-refractivity contribution in [1.29, 1.82) is 0 Å². The normalized spacial score (nSPS) is 20.2. The van der Waals surface area contributed by atoms with Gasteiger partial charge in [0.1, 0.15) is 0 Å². The topological polar surface area (TPSA) is 39.2 Å². The second-order valence-electron chi connectivity index (χ2n) is 6.40. The number of nitrogens with zero attached hydrogens (tertiary/aromatic N) is 4. The first-order chi connectivity index (χ1) is 12.3. The molecule has 2 aliphatic heterocycles. The van der Waals surface area contributed by atoms with Gasteiger partial charge in [-0.3, -0.25) is 0 Å². The largest absolute Gasteiger partial charge is 0.368 e. The molecule has 0 aromatic heterocycles. The fourth-order valence-corrected chi connectivity index (χ4v) is 3.49. The maximum atomic E-state index is 12.9. The number of piperazine rings is 1. The van der Waals surface area contributed by atoms with E-state index in [0.29, 0.717) is 0 Å². The summed E-state index contributed by atoms with van der Waals surface area (Å²) in [5.74, 6) is 0. The summed E-state index contributed by atoms with van der Waals surface area (Å²) in [6.07, 6.45) is 2.62. The summed E-state index contributed by atoms with van der Waals surface area (Å²) in [7, 11) is 0. The number of anilines is 1. The Morgan fingerprint density at radius 1 is 0.880 bits per heavy atom. The fourth-order valence-electron chi connectivity index (χ4n) is 3.49. The zero-order valence-corrected chi connectivity index (χ0v) is 14.2. The third-order valence-corrected chi connectivity index (χ3v) is 4.88. The van der Waals surface area contributed by atoms with Gasteiger partial charge in [-0.25, -0.2) is 9.80 Å². The van der Waals surface area contributed by atoms with Gasteiger partial charge in [0.05, 0.1) is 6.04 Å². The number of amides is 2. The second-order valence-corrected chi connectivity index (χ2v) is 6.40. The van der Waals surface area contributed by atoms with Gasteiger partial charge >= 0.3 is 6.03 Å². The van der Waals surface area contributed by atoms with Crippen LogP contribution >= 0.6 is 0 Å². The van der Waals surface area contributed by atoms with E-state index in [1.54, 1.807) is 5.01 Å². The quantitative estimate of drug-likeness (QED) is 0.845. The van der Waals surface area contributed by atoms with Crippen LogP contribution in [0.4, 0.5) is 10.5 Å². The molecule has 1 unspecified atom stereocenters. The van der Waals surface area contributed by atoms with Crippen LogP contribution in [0.3, 0.4) is 0 Å². The van der Waals surface area contributed by atoms with E-state index in [2.05, 4.69) is 46.4 Å². The number of hydrogen-bond acceptors (Lipinski definition) is 3. The van der Waals surface area contributed by atoms with Gasteiger partial charge in [0.15, 0.2) is 0 Å². The Labute approximate surface area is 148 Å². The highest BCUT2D eigenvalue weighted by Crippen LogP contribution is 2.29. The van der Waals surface area contributed by atoms with Gasteiger partial charge in [0, 0.05) is 44.5 Å². The van der Waals surface area contributed by atoms with Crippen LogP contribution in [0.1, 0.15) is 18.0 Å². The van der Waals surface area contributed by atoms with Crippen LogP contribution in [0.15, 0.2) is 65.8 Å². The van der Waals surface area contributed by atoms with Gasteiger partial charge in [-0.15, -0.1) is 0 Å². The zero-order valence-electron chi connectivity index (χ0n) is 14.2. The number of hydrogen-bond donors (Lipinski definition) is 0. The molecule has 0 bridgehead atoms. The number of carbonyl (C=O) groups excluding carboxylic acids is 1. The molecular weight excluding hydrogens is 312 g/mol. The molecule has 0 radical (unpaired) electrons. The first kappa shape index (κ1) is 15.7. The fraction of sp³-hybridized carbons (Fsp3) is 0.300. The SMILES string of the molecule is O=C(N1CCN(c2ccccc2)CC1)N1N=CCC1c1ccccc1. The molecule has 4 rings (SSSR count). The summed E-state index contributed by atoms with van der Waals surface area (Å²) < 4.78 is 0. The smallest absolute Gasteiger partial charge is 0.341 e. The van der Waals surface area contributed by atoms with E-state index in [-0.39, 0.29) is 12.1 Å². The lowest BCUT2D eigenvalue weighted by Crippen LogP contribution is -2.52. The molecule has 0 aliphatic carbocycles. The summed E-state index contributed by atoms with van der Waals surface area (Å²) in [5, 5.41) is 6.00. The number of urea groups is 1. The lowest BCUT2D eigenvalue weighted by atomic mass is 10.1. The molecule has 0 spiro atoms. The molecule has 1 atom stereocenters. The molecule has 0 N–H and O–H groups in total. The van der Waals surface area contributed by atoms with Gasteiger partial charge in [0.2, 0.25) is 0 Å². The third-order valence-electron chi connectivity index (χ3n) is 4.88. The van der Waals surface area contributed by atoms with Gasteiger partial charge in [-0.2, -0.15) is 5.10 Å². The maximum Gasteiger partial charge on any atom is 0.341 e. The van der Waals surface area contributed by atoms with Crippen LogP contribution in [0.5, 0.6) is 0 Å². The Morgan fingerprint density at radius 2 is 1.52 bits per heavy atom. The molecule has 2 aromatic rings. The molecule has 0 saturated carbocycles. The summed E-state index contributed by atoms with van der Waals surface area (Å²) in [6.45, 7) is 3.15. The van der Waals surface area contributed by atoms with Crippen LogP contribution in [-0.4, -0.2) is 48.3 Å². The number of benzene rings is 2. The standard InChI is InChI=1S/C20H22N4O/c25-20(24-19(11-12-21-24)17-7-3-1-4-8-17)23-15-13-22(14-16-23)18-9-5-2-6-10-18/h1-10,12,19H,11,13-16H2. The molecule has 5 nitrogen and oxygen atoms in total. The highest BCUT2D eigenvalue weighted by Gasteiger charge is 2.32. The molecular formula is C20H22N4O. The molecule has 1 saturated heterocycles. The second kappa shape index (κ2) is 6.97. The monoisotopic (exact) mass is 334 g/mol. The molecule has 2 amide bonds. The van der Waals surface area contributed by atoms with Crippen molar-refractivity contribution in [3.63, 3.8) is 0 Å². The van der Waals surface area contributed by atoms with Gasteiger partial charge in [0.25, 0.3) is 0 Å². The number of carbonyl (C=O) groups is 1.